The number of hydrogen-bond acceptors (Lipinski definition) is 9. The normalized spacial score (nSPS) is 13.6. The van der Waals surface area contributed by atoms with Crippen LogP contribution in [0.3, 0.4) is 0 Å². The van der Waals surface area contributed by atoms with E-state index in [1.807, 2.05) is 76.2 Å². The maximum absolute atomic E-state index is 13.1. The second-order valence-electron chi connectivity index (χ2n) is 10.2. The summed E-state index contributed by atoms with van der Waals surface area (Å²) in [6.07, 6.45) is 1.73. The van der Waals surface area contributed by atoms with Gasteiger partial charge in [-0.25, -0.2) is 15.0 Å². The zero-order valence-electron chi connectivity index (χ0n) is 24.6. The van der Waals surface area contributed by atoms with Crippen LogP contribution in [0.4, 0.5) is 11.5 Å². The molecule has 220 valence electrons. The molecular formula is C32H33N7O4. The van der Waals surface area contributed by atoms with Crippen LogP contribution in [0.2, 0.25) is 0 Å². The van der Waals surface area contributed by atoms with Crippen LogP contribution in [0.25, 0.3) is 28.2 Å². The molecule has 1 aliphatic rings. The number of benzene rings is 3. The summed E-state index contributed by atoms with van der Waals surface area (Å²) in [5, 5.41) is 3.39. The fraction of sp³-hybridized carbons (Fsp3) is 0.250. The van der Waals surface area contributed by atoms with Crippen LogP contribution in [0.15, 0.2) is 73.1 Å². The number of para-hydroxylation sites is 1. The van der Waals surface area contributed by atoms with E-state index in [0.29, 0.717) is 51.3 Å². The minimum Gasteiger partial charge on any atom is -0.493 e. The fourth-order valence-corrected chi connectivity index (χ4v) is 5.14. The molecule has 3 aromatic carbocycles. The quantitative estimate of drug-likeness (QED) is 0.281. The Bertz CT molecular complexity index is 1720. The number of carbonyl (C=O) groups is 1. The number of ether oxygens (including phenoxy) is 3. The predicted octanol–water partition coefficient (Wildman–Crippen LogP) is 4.64. The van der Waals surface area contributed by atoms with E-state index in [0.717, 1.165) is 37.4 Å². The van der Waals surface area contributed by atoms with Crippen LogP contribution in [0, 0.1) is 0 Å². The van der Waals surface area contributed by atoms with Crippen LogP contribution in [0.5, 0.6) is 17.2 Å². The summed E-state index contributed by atoms with van der Waals surface area (Å²) in [6.45, 7) is 3.18. The highest BCUT2D eigenvalue weighted by Crippen LogP contribution is 2.41. The Morgan fingerprint density at radius 2 is 1.51 bits per heavy atom. The number of nitrogens with one attached hydrogen (secondary N) is 1. The van der Waals surface area contributed by atoms with Gasteiger partial charge in [0.1, 0.15) is 6.33 Å². The molecule has 11 heteroatoms. The Balaban J connectivity index is 1.41. The van der Waals surface area contributed by atoms with Crippen LogP contribution < -0.4 is 19.5 Å². The zero-order chi connectivity index (χ0) is 29.9. The van der Waals surface area contributed by atoms with E-state index in [2.05, 4.69) is 22.2 Å². The Morgan fingerprint density at radius 1 is 0.837 bits per heavy atom. The number of anilines is 2. The second-order valence-corrected chi connectivity index (χ2v) is 10.2. The van der Waals surface area contributed by atoms with E-state index in [1.165, 1.54) is 0 Å². The molecule has 1 saturated heterocycles. The molecule has 0 radical (unpaired) electrons. The number of fused-ring (bicyclic) bond motifs is 1. The van der Waals surface area contributed by atoms with Crippen molar-refractivity contribution in [2.45, 2.75) is 0 Å². The number of carbonyl (C=O) groups excluding carboxylic acids is 1. The molecule has 0 unspecified atom stereocenters. The van der Waals surface area contributed by atoms with E-state index in [-0.39, 0.29) is 5.91 Å². The number of hydrogen-bond donors (Lipinski definition) is 1. The zero-order valence-corrected chi connectivity index (χ0v) is 24.6. The van der Waals surface area contributed by atoms with Gasteiger partial charge in [-0.15, -0.1) is 0 Å². The van der Waals surface area contributed by atoms with Gasteiger partial charge in [-0.2, -0.15) is 0 Å². The number of aromatic nitrogens is 4. The van der Waals surface area contributed by atoms with Gasteiger partial charge in [-0.3, -0.25) is 9.36 Å². The first-order valence-corrected chi connectivity index (χ1v) is 13.9. The van der Waals surface area contributed by atoms with Gasteiger partial charge >= 0.3 is 0 Å². The molecule has 1 amide bonds. The van der Waals surface area contributed by atoms with E-state index in [9.17, 15) is 4.79 Å². The van der Waals surface area contributed by atoms with Gasteiger partial charge in [0.25, 0.3) is 5.91 Å². The Morgan fingerprint density at radius 3 is 2.14 bits per heavy atom. The highest BCUT2D eigenvalue weighted by Gasteiger charge is 2.22. The summed E-state index contributed by atoms with van der Waals surface area (Å²) in [6, 6.07) is 20.9. The van der Waals surface area contributed by atoms with Crippen LogP contribution in [-0.4, -0.2) is 89.8 Å². The predicted molar refractivity (Wildman–Crippen MR) is 165 cm³/mol. The van der Waals surface area contributed by atoms with Crippen molar-refractivity contribution in [2.75, 3.05) is 59.9 Å². The number of piperazine rings is 1. The molecule has 0 atom stereocenters. The SMILES string of the molecule is COc1cc(Nc2nc(-c3ccc(C(=O)N4CCN(C)CC4)cc3)nc3c2ncn3-c2ccccc2)cc(OC)c1OC. The summed E-state index contributed by atoms with van der Waals surface area (Å²) < 4.78 is 18.5. The van der Waals surface area contributed by atoms with Crippen molar-refractivity contribution in [3.8, 4) is 34.3 Å². The molecule has 1 fully saturated rings. The average Bonchev–Trinajstić information content (AvgIpc) is 3.49. The van der Waals surface area contributed by atoms with Crippen LogP contribution in [-0.2, 0) is 0 Å². The number of nitrogens with zero attached hydrogens (tertiary/aromatic N) is 6. The second kappa shape index (κ2) is 12.0. The topological polar surface area (TPSA) is 107 Å². The number of likely N-dealkylation sites (N-methyl/N-ethyl adjacent to an activating group) is 1. The molecule has 1 aliphatic heterocycles. The van der Waals surface area contributed by atoms with Crippen molar-refractivity contribution < 1.29 is 19.0 Å². The molecule has 6 rings (SSSR count). The molecule has 5 aromatic rings. The first-order chi connectivity index (χ1) is 21.0. The van der Waals surface area contributed by atoms with Gasteiger partial charge in [0.2, 0.25) is 5.75 Å². The Kier molecular flexibility index (Phi) is 7.80. The van der Waals surface area contributed by atoms with Crippen molar-refractivity contribution in [3.05, 3.63) is 78.6 Å². The van der Waals surface area contributed by atoms with Gasteiger partial charge in [-0.1, -0.05) is 30.3 Å². The Labute approximate surface area is 249 Å². The van der Waals surface area contributed by atoms with Gasteiger partial charge in [0, 0.05) is 60.8 Å². The molecule has 1 N–H and O–H groups in total. The third-order valence-corrected chi connectivity index (χ3v) is 7.54. The maximum atomic E-state index is 13.1. The molecule has 0 saturated carbocycles. The van der Waals surface area contributed by atoms with E-state index >= 15 is 0 Å². The summed E-state index contributed by atoms with van der Waals surface area (Å²) in [5.41, 5.74) is 4.21. The highest BCUT2D eigenvalue weighted by atomic mass is 16.5. The van der Waals surface area contributed by atoms with E-state index < -0.39 is 0 Å². The van der Waals surface area contributed by atoms with E-state index in [4.69, 9.17) is 24.2 Å². The third-order valence-electron chi connectivity index (χ3n) is 7.54. The van der Waals surface area contributed by atoms with Crippen molar-refractivity contribution in [3.63, 3.8) is 0 Å². The number of imidazole rings is 1. The molecular weight excluding hydrogens is 546 g/mol. The lowest BCUT2D eigenvalue weighted by molar-refractivity contribution is 0.0664. The van der Waals surface area contributed by atoms with Crippen LogP contribution >= 0.6 is 0 Å². The largest absolute Gasteiger partial charge is 0.493 e. The standard InChI is InChI=1S/C32H33N7O4/c1-37-14-16-38(17-15-37)32(40)22-12-10-21(11-13-22)29-35-30(34-23-18-25(41-2)28(43-4)26(19-23)42-3)27-31(36-29)39(20-33-27)24-8-6-5-7-9-24/h5-13,18-20H,14-17H2,1-4H3,(H,34,35,36). The number of amides is 1. The summed E-state index contributed by atoms with van der Waals surface area (Å²) in [4.78, 5) is 31.7. The lowest BCUT2D eigenvalue weighted by Crippen LogP contribution is -2.47. The van der Waals surface area contributed by atoms with Crippen molar-refractivity contribution in [1.82, 2.24) is 29.3 Å². The van der Waals surface area contributed by atoms with E-state index in [1.54, 1.807) is 27.7 Å². The number of methoxy groups -OCH3 is 3. The first-order valence-electron chi connectivity index (χ1n) is 13.9. The van der Waals surface area contributed by atoms with Gasteiger partial charge in [0.15, 0.2) is 34.3 Å². The smallest absolute Gasteiger partial charge is 0.253 e. The van der Waals surface area contributed by atoms with Gasteiger partial charge in [-0.05, 0) is 31.3 Å². The van der Waals surface area contributed by atoms with Crippen molar-refractivity contribution in [2.24, 2.45) is 0 Å². The minimum absolute atomic E-state index is 0.0305. The molecule has 0 bridgehead atoms. The highest BCUT2D eigenvalue weighted by molar-refractivity contribution is 5.95. The maximum Gasteiger partial charge on any atom is 0.253 e. The molecule has 0 aliphatic carbocycles. The molecule has 11 nitrogen and oxygen atoms in total. The summed E-state index contributed by atoms with van der Waals surface area (Å²) in [7, 11) is 6.78. The molecule has 43 heavy (non-hydrogen) atoms. The summed E-state index contributed by atoms with van der Waals surface area (Å²) >= 11 is 0. The average molecular weight is 580 g/mol. The lowest BCUT2D eigenvalue weighted by atomic mass is 10.1. The van der Waals surface area contributed by atoms with Gasteiger partial charge in [0.05, 0.1) is 21.3 Å². The van der Waals surface area contributed by atoms with Crippen molar-refractivity contribution in [1.29, 1.82) is 0 Å². The molecule has 0 spiro atoms. The summed E-state index contributed by atoms with van der Waals surface area (Å²) in [5.74, 6) is 2.52. The van der Waals surface area contributed by atoms with Crippen LogP contribution in [0.1, 0.15) is 10.4 Å². The Hall–Kier alpha value is -5.16. The monoisotopic (exact) mass is 579 g/mol. The fourth-order valence-electron chi connectivity index (χ4n) is 5.14. The minimum atomic E-state index is 0.0305. The van der Waals surface area contributed by atoms with Crippen molar-refractivity contribution >= 4 is 28.6 Å². The molecule has 2 aromatic heterocycles. The molecule has 3 heterocycles. The third kappa shape index (κ3) is 5.54. The number of rotatable bonds is 8. The van der Waals surface area contributed by atoms with Gasteiger partial charge < -0.3 is 29.3 Å². The lowest BCUT2D eigenvalue weighted by Gasteiger charge is -2.32. The first kappa shape index (κ1) is 28.0.